The number of ether oxygens (including phenoxy) is 2. The van der Waals surface area contributed by atoms with Crippen LogP contribution in [-0.4, -0.2) is 37.6 Å². The van der Waals surface area contributed by atoms with Gasteiger partial charge in [0.25, 0.3) is 0 Å². The molecule has 0 saturated carbocycles. The molecule has 0 fully saturated rings. The number of aliphatic hydroxyl groups excluding tert-OH is 1. The molecule has 1 rings (SSSR count). The Morgan fingerprint density at radius 1 is 1.22 bits per heavy atom. The Morgan fingerprint density at radius 2 is 2.06 bits per heavy atom. The fourth-order valence-corrected chi connectivity index (χ4v) is 1.45. The van der Waals surface area contributed by atoms with Gasteiger partial charge in [-0.15, -0.1) is 0 Å². The lowest BCUT2D eigenvalue weighted by Crippen LogP contribution is -2.21. The van der Waals surface area contributed by atoms with Crippen LogP contribution >= 0.6 is 0 Å². The molecule has 0 radical (unpaired) electrons. The Bertz CT molecular complexity index is 329. The zero-order valence-corrected chi connectivity index (χ0v) is 11.2. The van der Waals surface area contributed by atoms with Gasteiger partial charge in [-0.2, -0.15) is 0 Å². The van der Waals surface area contributed by atoms with Crippen molar-refractivity contribution in [2.24, 2.45) is 0 Å². The van der Waals surface area contributed by atoms with Crippen LogP contribution in [0, 0.1) is 0 Å². The first-order valence-electron chi connectivity index (χ1n) is 6.36. The highest BCUT2D eigenvalue weighted by molar-refractivity contribution is 5.28. The van der Waals surface area contributed by atoms with Crippen LogP contribution in [0.15, 0.2) is 24.3 Å². The molecule has 0 aliphatic rings. The van der Waals surface area contributed by atoms with Crippen LogP contribution in [0.25, 0.3) is 0 Å². The van der Waals surface area contributed by atoms with Gasteiger partial charge in [0.15, 0.2) is 0 Å². The van der Waals surface area contributed by atoms with Crippen molar-refractivity contribution in [3.8, 4) is 5.75 Å². The van der Waals surface area contributed by atoms with E-state index in [0.717, 1.165) is 12.3 Å². The first kappa shape index (κ1) is 15.0. The van der Waals surface area contributed by atoms with Gasteiger partial charge in [-0.1, -0.05) is 26.0 Å². The van der Waals surface area contributed by atoms with Crippen molar-refractivity contribution in [2.45, 2.75) is 26.4 Å². The summed E-state index contributed by atoms with van der Waals surface area (Å²) in [5.74, 6) is 0.852. The Balaban J connectivity index is 2.30. The first-order valence-corrected chi connectivity index (χ1v) is 6.36. The highest BCUT2D eigenvalue weighted by Gasteiger charge is 1.98. The predicted octanol–water partition coefficient (Wildman–Crippen LogP) is 1.57. The summed E-state index contributed by atoms with van der Waals surface area (Å²) in [5, 5.41) is 11.9. The minimum absolute atomic E-state index is 0.0519. The van der Waals surface area contributed by atoms with E-state index < -0.39 is 0 Å². The maximum atomic E-state index is 8.55. The molecule has 0 bridgehead atoms. The largest absolute Gasteiger partial charge is 0.491 e. The molecule has 0 saturated heterocycles. The predicted molar refractivity (Wildman–Crippen MR) is 71.8 cm³/mol. The van der Waals surface area contributed by atoms with E-state index in [1.165, 1.54) is 5.56 Å². The molecule has 1 aromatic rings. The zero-order chi connectivity index (χ0) is 13.2. The second kappa shape index (κ2) is 8.91. The summed E-state index contributed by atoms with van der Waals surface area (Å²) in [7, 11) is 0. The summed E-state index contributed by atoms with van der Waals surface area (Å²) in [5.41, 5.74) is 1.21. The summed E-state index contributed by atoms with van der Waals surface area (Å²) >= 11 is 0. The number of aliphatic hydroxyl groups is 1. The molecular formula is C14H23NO3. The molecule has 0 amide bonds. The van der Waals surface area contributed by atoms with E-state index in [1.54, 1.807) is 0 Å². The lowest BCUT2D eigenvalue weighted by atomic mass is 10.2. The number of benzene rings is 1. The molecular weight excluding hydrogens is 230 g/mol. The third kappa shape index (κ3) is 6.59. The van der Waals surface area contributed by atoms with Crippen molar-refractivity contribution < 1.29 is 14.6 Å². The van der Waals surface area contributed by atoms with E-state index >= 15 is 0 Å². The smallest absolute Gasteiger partial charge is 0.119 e. The van der Waals surface area contributed by atoms with E-state index in [1.807, 2.05) is 18.2 Å². The maximum absolute atomic E-state index is 8.55. The van der Waals surface area contributed by atoms with E-state index in [9.17, 15) is 0 Å². The fourth-order valence-electron chi connectivity index (χ4n) is 1.45. The van der Waals surface area contributed by atoms with Crippen molar-refractivity contribution in [2.75, 3.05) is 26.4 Å². The topological polar surface area (TPSA) is 50.7 Å². The Labute approximate surface area is 109 Å². The molecule has 0 aliphatic heterocycles. The van der Waals surface area contributed by atoms with E-state index in [2.05, 4.69) is 25.2 Å². The molecule has 4 nitrogen and oxygen atoms in total. The first-order chi connectivity index (χ1) is 8.72. The molecule has 18 heavy (non-hydrogen) atoms. The Kier molecular flexibility index (Phi) is 7.41. The van der Waals surface area contributed by atoms with Gasteiger partial charge in [-0.3, -0.25) is 0 Å². The van der Waals surface area contributed by atoms with Gasteiger partial charge in [0.1, 0.15) is 12.4 Å². The monoisotopic (exact) mass is 253 g/mol. The molecule has 0 spiro atoms. The number of hydrogen-bond donors (Lipinski definition) is 2. The Hall–Kier alpha value is -1.10. The summed E-state index contributed by atoms with van der Waals surface area (Å²) < 4.78 is 10.7. The number of hydrogen-bond acceptors (Lipinski definition) is 4. The normalized spacial score (nSPS) is 10.9. The zero-order valence-electron chi connectivity index (χ0n) is 11.2. The molecule has 0 atom stereocenters. The molecule has 0 unspecified atom stereocenters. The second-order valence-electron chi connectivity index (χ2n) is 4.37. The van der Waals surface area contributed by atoms with E-state index in [-0.39, 0.29) is 6.61 Å². The van der Waals surface area contributed by atoms with Gasteiger partial charge < -0.3 is 19.9 Å². The number of nitrogens with one attached hydrogen (secondary N) is 1. The molecule has 2 N–H and O–H groups in total. The average molecular weight is 253 g/mol. The Morgan fingerprint density at radius 3 is 2.78 bits per heavy atom. The van der Waals surface area contributed by atoms with Crippen LogP contribution in [0.4, 0.5) is 0 Å². The summed E-state index contributed by atoms with van der Waals surface area (Å²) in [4.78, 5) is 0. The van der Waals surface area contributed by atoms with Crippen molar-refractivity contribution in [1.82, 2.24) is 5.32 Å². The summed E-state index contributed by atoms with van der Waals surface area (Å²) in [6.45, 7) is 6.50. The molecule has 0 aromatic heterocycles. The summed E-state index contributed by atoms with van der Waals surface area (Å²) in [6, 6.07) is 8.50. The van der Waals surface area contributed by atoms with E-state index in [4.69, 9.17) is 14.6 Å². The highest BCUT2D eigenvalue weighted by Crippen LogP contribution is 2.13. The lowest BCUT2D eigenvalue weighted by molar-refractivity contribution is 0.0705. The third-order valence-corrected chi connectivity index (χ3v) is 2.34. The minimum atomic E-state index is 0.0519. The van der Waals surface area contributed by atoms with Crippen molar-refractivity contribution in [3.05, 3.63) is 29.8 Å². The maximum Gasteiger partial charge on any atom is 0.119 e. The van der Waals surface area contributed by atoms with Gasteiger partial charge in [0, 0.05) is 12.6 Å². The highest BCUT2D eigenvalue weighted by atomic mass is 16.5. The van der Waals surface area contributed by atoms with Crippen LogP contribution in [-0.2, 0) is 11.3 Å². The molecule has 0 heterocycles. The minimum Gasteiger partial charge on any atom is -0.491 e. The van der Waals surface area contributed by atoms with Gasteiger partial charge in [0.05, 0.1) is 19.8 Å². The van der Waals surface area contributed by atoms with Crippen molar-refractivity contribution in [1.29, 1.82) is 0 Å². The van der Waals surface area contributed by atoms with E-state index in [0.29, 0.717) is 25.9 Å². The standard InChI is InChI=1S/C14H23NO3/c1-12(2)15-11-13-4-3-5-14(10-13)18-9-8-17-7-6-16/h3-5,10,12,15-16H,6-9,11H2,1-2H3. The average Bonchev–Trinajstić information content (AvgIpc) is 2.37. The van der Waals surface area contributed by atoms with Gasteiger partial charge in [0.2, 0.25) is 0 Å². The van der Waals surface area contributed by atoms with Crippen LogP contribution in [0.3, 0.4) is 0 Å². The third-order valence-electron chi connectivity index (χ3n) is 2.34. The second-order valence-corrected chi connectivity index (χ2v) is 4.37. The molecule has 4 heteroatoms. The van der Waals surface area contributed by atoms with Crippen molar-refractivity contribution in [3.63, 3.8) is 0 Å². The van der Waals surface area contributed by atoms with Gasteiger partial charge in [-0.25, -0.2) is 0 Å². The quantitative estimate of drug-likeness (QED) is 0.656. The van der Waals surface area contributed by atoms with Crippen LogP contribution in [0.1, 0.15) is 19.4 Å². The number of rotatable bonds is 9. The lowest BCUT2D eigenvalue weighted by Gasteiger charge is -2.10. The molecule has 1 aromatic carbocycles. The van der Waals surface area contributed by atoms with Gasteiger partial charge in [-0.05, 0) is 17.7 Å². The summed E-state index contributed by atoms with van der Waals surface area (Å²) in [6.07, 6.45) is 0. The SMILES string of the molecule is CC(C)NCc1cccc(OCCOCCO)c1. The van der Waals surface area contributed by atoms with Crippen LogP contribution in [0.5, 0.6) is 5.75 Å². The van der Waals surface area contributed by atoms with Crippen LogP contribution in [0.2, 0.25) is 0 Å². The van der Waals surface area contributed by atoms with Crippen LogP contribution < -0.4 is 10.1 Å². The van der Waals surface area contributed by atoms with Gasteiger partial charge >= 0.3 is 0 Å². The molecule has 102 valence electrons. The fraction of sp³-hybridized carbons (Fsp3) is 0.571. The van der Waals surface area contributed by atoms with Crippen molar-refractivity contribution >= 4 is 0 Å². The molecule has 0 aliphatic carbocycles.